The van der Waals surface area contributed by atoms with Gasteiger partial charge in [-0.3, -0.25) is 8.98 Å². The van der Waals surface area contributed by atoms with Crippen LogP contribution < -0.4 is 0 Å². The second kappa shape index (κ2) is 62.2. The summed E-state index contributed by atoms with van der Waals surface area (Å²) in [5.41, 5.74) is 0. The number of unbranched alkanes of at least 4 members (excludes halogenated alkanes) is 2. The van der Waals surface area contributed by atoms with Crippen molar-refractivity contribution >= 4 is 22.7 Å². The molecule has 8 atom stereocenters. The summed E-state index contributed by atoms with van der Waals surface area (Å²) in [6.07, 6.45) is 17.0. The molecule has 0 saturated carbocycles. The lowest BCUT2D eigenvalue weighted by atomic mass is 10.1. The smallest absolute Gasteiger partial charge is 0.264 e. The molecule has 0 aliphatic carbocycles. The van der Waals surface area contributed by atoms with Crippen LogP contribution in [0.25, 0.3) is 0 Å². The first-order chi connectivity index (χ1) is 39.5. The van der Waals surface area contributed by atoms with Crippen LogP contribution in [0.3, 0.4) is 0 Å². The highest BCUT2D eigenvalue weighted by molar-refractivity contribution is 7.85. The van der Waals surface area contributed by atoms with Gasteiger partial charge in [0.25, 0.3) is 10.1 Å². The molecule has 494 valence electrons. The highest BCUT2D eigenvalue weighted by atomic mass is 32.2. The molecule has 0 aromatic carbocycles. The van der Waals surface area contributed by atoms with Crippen LogP contribution in [-0.2, 0) is 99.7 Å². The van der Waals surface area contributed by atoms with Crippen LogP contribution in [0.4, 0.5) is 0 Å². The first kappa shape index (κ1) is 86.6. The highest BCUT2D eigenvalue weighted by Gasteiger charge is 2.29. The van der Waals surface area contributed by atoms with Crippen molar-refractivity contribution < 1.29 is 118 Å². The van der Waals surface area contributed by atoms with Gasteiger partial charge in [0.2, 0.25) is 6.29 Å². The van der Waals surface area contributed by atoms with Gasteiger partial charge in [0.1, 0.15) is 36.8 Å². The second-order valence-electron chi connectivity index (χ2n) is 18.4. The van der Waals surface area contributed by atoms with Gasteiger partial charge in [-0.1, -0.05) is 45.6 Å². The number of ether oxygens (including phenoxy) is 16. The predicted octanol–water partition coefficient (Wildman–Crippen LogP) is 5.96. The molecule has 3 rings (SSSR count). The quantitative estimate of drug-likeness (QED) is 0.0182. The topological polar surface area (TPSA) is 306 Å². The summed E-state index contributed by atoms with van der Waals surface area (Å²) < 4.78 is 111. The molecule has 3 aliphatic rings. The number of carbonyl (C=O) groups is 2. The molecule has 3 saturated heterocycles. The average molecular weight is 1220 g/mol. The lowest BCUT2D eigenvalue weighted by Gasteiger charge is -2.31. The molecule has 0 aromatic heterocycles. The van der Waals surface area contributed by atoms with Gasteiger partial charge in [-0.15, -0.1) is 6.58 Å². The molecular weight excluding hydrogens is 1100 g/mol. The molecular formula is C56H114O25S. The SMILES string of the molecule is C=CCC(O)C(OC)OC.CCCCC(O)C=O.CCCCC(OC1CCCCO1)C(OC)OC.CO.COC(C=O)OC.COC(OC)C(CCCO)OC1CCCCO1.COC(OC)C(CCCOS(C)(=O)=O)OC1CCCCO1. The van der Waals surface area contributed by atoms with E-state index in [0.717, 1.165) is 110 Å². The number of hydrogen-bond acceptors (Lipinski definition) is 25. The standard InChI is InChI=1S/C13H26O7S.C13H26O4.C12H24O5.C7H14O3.C6H12O2.C4H8O3.CH4O/c1-16-13(17-2)11(7-6-10-19-21(3,14)15)20-12-8-4-5-9-18-12;1-4-5-8-11(13(14-2)15-3)17-12-9-6-7-10-16-12;1-14-12(15-2)10(6-5-8-13)17-11-7-3-4-9-16-11;1-4-5-6(8)7(9-2)10-3;1-2-3-4-6(8)5-7;1-6-4(3-5)7-2;1-2/h11-13H,4-10H2,1-3H3;11-13H,4-10H2,1-3H3;10-13H,3-9H2,1-2H3;4,6-8H,1,5H2,2-3H3;5-6,8H,2-4H2,1H3;3-4H,1-2H3;2H,1H3. The third kappa shape index (κ3) is 49.3. The van der Waals surface area contributed by atoms with Gasteiger partial charge < -0.3 is 101 Å². The van der Waals surface area contributed by atoms with Crippen molar-refractivity contribution in [3.8, 4) is 0 Å². The van der Waals surface area contributed by atoms with E-state index in [9.17, 15) is 23.1 Å². The molecule has 3 fully saturated rings. The Kier molecular flexibility index (Phi) is 65.8. The van der Waals surface area contributed by atoms with E-state index >= 15 is 0 Å². The first-order valence-electron chi connectivity index (χ1n) is 28.4. The molecule has 0 aromatic rings. The predicted molar refractivity (Wildman–Crippen MR) is 307 cm³/mol. The molecule has 0 bridgehead atoms. The van der Waals surface area contributed by atoms with Crippen molar-refractivity contribution in [3.05, 3.63) is 12.7 Å². The van der Waals surface area contributed by atoms with E-state index in [2.05, 4.69) is 23.0 Å². The van der Waals surface area contributed by atoms with Crippen molar-refractivity contribution in [2.24, 2.45) is 0 Å². The lowest BCUT2D eigenvalue weighted by Crippen LogP contribution is -2.37. The van der Waals surface area contributed by atoms with Gasteiger partial charge in [-0.25, -0.2) is 0 Å². The summed E-state index contributed by atoms with van der Waals surface area (Å²) in [7, 11) is 12.9. The van der Waals surface area contributed by atoms with Crippen molar-refractivity contribution in [2.45, 2.75) is 223 Å². The Morgan fingerprint density at radius 2 is 0.878 bits per heavy atom. The van der Waals surface area contributed by atoms with E-state index in [1.54, 1.807) is 48.7 Å². The summed E-state index contributed by atoms with van der Waals surface area (Å²) in [6, 6.07) is 0. The van der Waals surface area contributed by atoms with E-state index in [1.165, 1.54) is 34.9 Å². The number of aliphatic hydroxyl groups is 4. The number of aldehydes is 2. The molecule has 25 nitrogen and oxygen atoms in total. The maximum absolute atomic E-state index is 10.9. The van der Waals surface area contributed by atoms with Crippen molar-refractivity contribution in [1.29, 1.82) is 0 Å². The molecule has 0 spiro atoms. The van der Waals surface area contributed by atoms with E-state index in [0.29, 0.717) is 57.7 Å². The Morgan fingerprint density at radius 3 is 1.13 bits per heavy atom. The van der Waals surface area contributed by atoms with E-state index in [1.807, 2.05) is 6.92 Å². The number of rotatable bonds is 38. The Balaban J connectivity index is -0.000000460. The Morgan fingerprint density at radius 1 is 0.524 bits per heavy atom. The van der Waals surface area contributed by atoms with E-state index in [-0.39, 0.29) is 56.7 Å². The Labute approximate surface area is 492 Å². The average Bonchev–Trinajstić information content (AvgIpc) is 3.51. The normalized spacial score (nSPS) is 18.9. The fourth-order valence-electron chi connectivity index (χ4n) is 7.62. The molecule has 3 heterocycles. The fraction of sp³-hybridized carbons (Fsp3) is 0.929. The first-order valence-corrected chi connectivity index (χ1v) is 30.2. The lowest BCUT2D eigenvalue weighted by molar-refractivity contribution is -0.252. The minimum Gasteiger partial charge on any atom is -0.400 e. The zero-order valence-corrected chi connectivity index (χ0v) is 53.2. The maximum atomic E-state index is 10.9. The summed E-state index contributed by atoms with van der Waals surface area (Å²) >= 11 is 0. The third-order valence-electron chi connectivity index (χ3n) is 11.9. The minimum atomic E-state index is -3.41. The van der Waals surface area contributed by atoms with E-state index in [4.69, 9.17) is 85.8 Å². The van der Waals surface area contributed by atoms with Gasteiger partial charge in [0.05, 0.1) is 12.9 Å². The van der Waals surface area contributed by atoms with Crippen molar-refractivity contribution in [3.63, 3.8) is 0 Å². The van der Waals surface area contributed by atoms with Gasteiger partial charge in [0, 0.05) is 105 Å². The van der Waals surface area contributed by atoms with Gasteiger partial charge >= 0.3 is 0 Å². The summed E-state index contributed by atoms with van der Waals surface area (Å²) in [5, 5.41) is 33.7. The Hall–Kier alpha value is -1.81. The molecule has 4 N–H and O–H groups in total. The molecule has 3 aliphatic heterocycles. The summed E-state index contributed by atoms with van der Waals surface area (Å²) in [6.45, 7) is 10.2. The number of hydrogen-bond donors (Lipinski definition) is 4. The third-order valence-corrected chi connectivity index (χ3v) is 12.5. The zero-order chi connectivity index (χ0) is 62.8. The van der Waals surface area contributed by atoms with Crippen LogP contribution in [0.1, 0.15) is 142 Å². The van der Waals surface area contributed by atoms with Crippen LogP contribution >= 0.6 is 0 Å². The van der Waals surface area contributed by atoms with Crippen molar-refractivity contribution in [2.75, 3.05) is 117 Å². The largest absolute Gasteiger partial charge is 0.400 e. The maximum Gasteiger partial charge on any atom is 0.264 e. The highest BCUT2D eigenvalue weighted by Crippen LogP contribution is 2.23. The van der Waals surface area contributed by atoms with Gasteiger partial charge in [0.15, 0.2) is 50.3 Å². The Bertz CT molecular complexity index is 1380. The second-order valence-corrected chi connectivity index (χ2v) is 20.0. The van der Waals surface area contributed by atoms with Crippen LogP contribution in [0.2, 0.25) is 0 Å². The summed E-state index contributed by atoms with van der Waals surface area (Å²) in [4.78, 5) is 19.5. The molecule has 0 amide bonds. The van der Waals surface area contributed by atoms with Crippen LogP contribution in [0.5, 0.6) is 0 Å². The summed E-state index contributed by atoms with van der Waals surface area (Å²) in [5.74, 6) is 0. The van der Waals surface area contributed by atoms with Crippen molar-refractivity contribution in [1.82, 2.24) is 0 Å². The number of methoxy groups -OCH3 is 10. The van der Waals surface area contributed by atoms with E-state index < -0.39 is 47.5 Å². The minimum absolute atomic E-state index is 0.0342. The van der Waals surface area contributed by atoms with Gasteiger partial charge in [-0.05, 0) is 103 Å². The van der Waals surface area contributed by atoms with Crippen LogP contribution in [-0.4, -0.2) is 240 Å². The monoisotopic (exact) mass is 1220 g/mol. The molecule has 26 heteroatoms. The molecule has 8 unspecified atom stereocenters. The van der Waals surface area contributed by atoms with Gasteiger partial charge in [-0.2, -0.15) is 8.42 Å². The molecule has 82 heavy (non-hydrogen) atoms. The number of carbonyl (C=O) groups excluding carboxylic acids is 2. The number of aliphatic hydroxyl groups excluding tert-OH is 4. The fourth-order valence-corrected chi connectivity index (χ4v) is 8.04. The zero-order valence-electron chi connectivity index (χ0n) is 52.4. The van der Waals surface area contributed by atoms with Crippen LogP contribution in [0, 0.1) is 0 Å². The van der Waals surface area contributed by atoms with Crippen LogP contribution in [0.15, 0.2) is 12.7 Å². The molecule has 0 radical (unpaired) electrons.